The highest BCUT2D eigenvalue weighted by atomic mass is 79.9. The molecular weight excluding hydrogens is 334 g/mol. The van der Waals surface area contributed by atoms with E-state index in [2.05, 4.69) is 41.2 Å². The summed E-state index contributed by atoms with van der Waals surface area (Å²) in [6.45, 7) is 0.597. The molecule has 2 aromatic heterocycles. The van der Waals surface area contributed by atoms with Gasteiger partial charge >= 0.3 is 0 Å². The lowest BCUT2D eigenvalue weighted by molar-refractivity contribution is 0.895. The SMILES string of the molecule is Nc1nc(NCc2ccc(Br)cc2)nc(-n2ccnc2)n1. The van der Waals surface area contributed by atoms with Crippen LogP contribution in [0, 0.1) is 0 Å². The van der Waals surface area contributed by atoms with Crippen molar-refractivity contribution in [3.8, 4) is 5.95 Å². The van der Waals surface area contributed by atoms with Gasteiger partial charge in [-0.05, 0) is 17.7 Å². The molecule has 0 aliphatic heterocycles. The summed E-state index contributed by atoms with van der Waals surface area (Å²) in [5.41, 5.74) is 6.82. The lowest BCUT2D eigenvalue weighted by atomic mass is 10.2. The van der Waals surface area contributed by atoms with Crippen molar-refractivity contribution >= 4 is 27.8 Å². The van der Waals surface area contributed by atoms with Gasteiger partial charge in [0.15, 0.2) is 0 Å². The summed E-state index contributed by atoms with van der Waals surface area (Å²) in [4.78, 5) is 16.4. The van der Waals surface area contributed by atoms with Crippen LogP contribution in [0.5, 0.6) is 0 Å². The van der Waals surface area contributed by atoms with Crippen LogP contribution in [-0.4, -0.2) is 24.5 Å². The minimum atomic E-state index is 0.159. The first-order valence-corrected chi connectivity index (χ1v) is 6.98. The molecule has 0 saturated carbocycles. The number of imidazole rings is 1. The van der Waals surface area contributed by atoms with E-state index in [0.717, 1.165) is 10.0 Å². The number of aromatic nitrogens is 5. The Morgan fingerprint density at radius 3 is 2.67 bits per heavy atom. The first-order chi connectivity index (χ1) is 10.2. The summed E-state index contributed by atoms with van der Waals surface area (Å²) in [6, 6.07) is 7.99. The fourth-order valence-electron chi connectivity index (χ4n) is 1.74. The number of nitrogen functional groups attached to an aromatic ring is 1. The van der Waals surface area contributed by atoms with Crippen LogP contribution >= 0.6 is 15.9 Å². The standard InChI is InChI=1S/C13H12BrN7/c14-10-3-1-9(2-4-10)7-17-12-18-11(15)19-13(20-12)21-6-5-16-8-21/h1-6,8H,7H2,(H3,15,17,18,19,20). The Morgan fingerprint density at radius 1 is 1.14 bits per heavy atom. The van der Waals surface area contributed by atoms with Crippen molar-refractivity contribution in [2.24, 2.45) is 0 Å². The van der Waals surface area contributed by atoms with Gasteiger partial charge in [0.2, 0.25) is 17.8 Å². The minimum absolute atomic E-state index is 0.159. The second kappa shape index (κ2) is 5.88. The smallest absolute Gasteiger partial charge is 0.241 e. The van der Waals surface area contributed by atoms with Gasteiger partial charge in [-0.2, -0.15) is 15.0 Å². The highest BCUT2D eigenvalue weighted by Crippen LogP contribution is 2.12. The van der Waals surface area contributed by atoms with Crippen LogP contribution in [0.3, 0.4) is 0 Å². The average molecular weight is 346 g/mol. The molecule has 3 rings (SSSR count). The highest BCUT2D eigenvalue weighted by Gasteiger charge is 2.05. The predicted molar refractivity (Wildman–Crippen MR) is 82.8 cm³/mol. The maximum Gasteiger partial charge on any atom is 0.241 e. The molecule has 3 N–H and O–H groups in total. The molecule has 0 aliphatic rings. The molecule has 0 bridgehead atoms. The molecular formula is C13H12BrN7. The molecule has 0 saturated heterocycles. The van der Waals surface area contributed by atoms with Crippen LogP contribution < -0.4 is 11.1 Å². The average Bonchev–Trinajstić information content (AvgIpc) is 3.00. The number of hydrogen-bond donors (Lipinski definition) is 2. The first-order valence-electron chi connectivity index (χ1n) is 6.19. The van der Waals surface area contributed by atoms with E-state index in [9.17, 15) is 0 Å². The molecule has 0 atom stereocenters. The number of anilines is 2. The van der Waals surface area contributed by atoms with E-state index in [1.807, 2.05) is 24.3 Å². The zero-order valence-electron chi connectivity index (χ0n) is 10.9. The fraction of sp³-hybridized carbons (Fsp3) is 0.0769. The number of hydrogen-bond acceptors (Lipinski definition) is 6. The van der Waals surface area contributed by atoms with Crippen LogP contribution in [0.2, 0.25) is 0 Å². The maximum absolute atomic E-state index is 5.71. The van der Waals surface area contributed by atoms with Gasteiger partial charge in [-0.1, -0.05) is 28.1 Å². The number of benzene rings is 1. The number of halogens is 1. The largest absolute Gasteiger partial charge is 0.368 e. The van der Waals surface area contributed by atoms with Crippen molar-refractivity contribution in [1.82, 2.24) is 24.5 Å². The molecule has 8 heteroatoms. The molecule has 0 radical (unpaired) electrons. The second-order valence-corrected chi connectivity index (χ2v) is 5.18. The Kier molecular flexibility index (Phi) is 3.78. The van der Waals surface area contributed by atoms with E-state index in [0.29, 0.717) is 18.4 Å². The van der Waals surface area contributed by atoms with E-state index < -0.39 is 0 Å². The molecule has 2 heterocycles. The molecule has 7 nitrogen and oxygen atoms in total. The van der Waals surface area contributed by atoms with Gasteiger partial charge in [0.25, 0.3) is 0 Å². The topological polar surface area (TPSA) is 94.5 Å². The summed E-state index contributed by atoms with van der Waals surface area (Å²) >= 11 is 3.40. The Morgan fingerprint density at radius 2 is 1.95 bits per heavy atom. The van der Waals surface area contributed by atoms with E-state index in [-0.39, 0.29) is 5.95 Å². The lowest BCUT2D eigenvalue weighted by Crippen LogP contribution is -2.10. The summed E-state index contributed by atoms with van der Waals surface area (Å²) in [7, 11) is 0. The third kappa shape index (κ3) is 3.34. The maximum atomic E-state index is 5.71. The van der Waals surface area contributed by atoms with E-state index >= 15 is 0 Å². The summed E-state index contributed by atoms with van der Waals surface area (Å²) in [5.74, 6) is 1.01. The summed E-state index contributed by atoms with van der Waals surface area (Å²) in [6.07, 6.45) is 5.00. The normalized spacial score (nSPS) is 10.5. The molecule has 106 valence electrons. The fourth-order valence-corrected chi connectivity index (χ4v) is 2.00. The third-order valence-corrected chi connectivity index (χ3v) is 3.27. The van der Waals surface area contributed by atoms with E-state index in [1.54, 1.807) is 23.3 Å². The Labute approximate surface area is 129 Å². The van der Waals surface area contributed by atoms with Crippen LogP contribution in [0.1, 0.15) is 5.56 Å². The molecule has 3 aromatic rings. The predicted octanol–water partition coefficient (Wildman–Crippen LogP) is 2.01. The number of rotatable bonds is 4. The van der Waals surface area contributed by atoms with Gasteiger partial charge in [0.1, 0.15) is 6.33 Å². The molecule has 0 amide bonds. The number of nitrogens with two attached hydrogens (primary N) is 1. The zero-order chi connectivity index (χ0) is 14.7. The highest BCUT2D eigenvalue weighted by molar-refractivity contribution is 9.10. The Balaban J connectivity index is 1.78. The van der Waals surface area contributed by atoms with Crippen LogP contribution in [0.15, 0.2) is 47.5 Å². The number of nitrogens with zero attached hydrogens (tertiary/aromatic N) is 5. The van der Waals surface area contributed by atoms with Crippen molar-refractivity contribution in [2.75, 3.05) is 11.1 Å². The van der Waals surface area contributed by atoms with Crippen LogP contribution in [0.4, 0.5) is 11.9 Å². The van der Waals surface area contributed by atoms with Gasteiger partial charge in [-0.15, -0.1) is 0 Å². The molecule has 0 unspecified atom stereocenters. The molecule has 0 fully saturated rings. The first kappa shape index (κ1) is 13.5. The van der Waals surface area contributed by atoms with Gasteiger partial charge in [-0.25, -0.2) is 4.98 Å². The van der Waals surface area contributed by atoms with Gasteiger partial charge in [0.05, 0.1) is 0 Å². The lowest BCUT2D eigenvalue weighted by Gasteiger charge is -2.07. The van der Waals surface area contributed by atoms with Crippen molar-refractivity contribution in [3.05, 3.63) is 53.0 Å². The van der Waals surface area contributed by atoms with Gasteiger partial charge in [0, 0.05) is 23.4 Å². The molecule has 21 heavy (non-hydrogen) atoms. The van der Waals surface area contributed by atoms with Crippen molar-refractivity contribution in [1.29, 1.82) is 0 Å². The Hall–Kier alpha value is -2.48. The second-order valence-electron chi connectivity index (χ2n) is 4.27. The zero-order valence-corrected chi connectivity index (χ0v) is 12.5. The molecule has 0 spiro atoms. The minimum Gasteiger partial charge on any atom is -0.368 e. The Bertz CT molecular complexity index is 725. The quantitative estimate of drug-likeness (QED) is 0.751. The van der Waals surface area contributed by atoms with Crippen LogP contribution in [-0.2, 0) is 6.54 Å². The molecule has 0 aliphatic carbocycles. The van der Waals surface area contributed by atoms with Crippen molar-refractivity contribution < 1.29 is 0 Å². The number of nitrogens with one attached hydrogen (secondary N) is 1. The third-order valence-electron chi connectivity index (χ3n) is 2.74. The van der Waals surface area contributed by atoms with Crippen molar-refractivity contribution in [3.63, 3.8) is 0 Å². The van der Waals surface area contributed by atoms with Crippen molar-refractivity contribution in [2.45, 2.75) is 6.54 Å². The summed E-state index contributed by atoms with van der Waals surface area (Å²) < 4.78 is 2.71. The van der Waals surface area contributed by atoms with E-state index in [4.69, 9.17) is 5.73 Å². The van der Waals surface area contributed by atoms with Gasteiger partial charge in [-0.3, -0.25) is 4.57 Å². The monoisotopic (exact) mass is 345 g/mol. The van der Waals surface area contributed by atoms with E-state index in [1.165, 1.54) is 0 Å². The van der Waals surface area contributed by atoms with Gasteiger partial charge < -0.3 is 11.1 Å². The molecule has 1 aromatic carbocycles. The van der Waals surface area contributed by atoms with Crippen LogP contribution in [0.25, 0.3) is 5.95 Å². The summed E-state index contributed by atoms with van der Waals surface area (Å²) in [5, 5.41) is 3.13.